The van der Waals surface area contributed by atoms with Gasteiger partial charge in [-0.05, 0) is 24.8 Å². The minimum Gasteiger partial charge on any atom is -0.496 e. The zero-order valence-corrected chi connectivity index (χ0v) is 13.3. The lowest BCUT2D eigenvalue weighted by Crippen LogP contribution is -2.28. The van der Waals surface area contributed by atoms with Crippen LogP contribution in [0.15, 0.2) is 30.6 Å². The van der Waals surface area contributed by atoms with E-state index in [-0.39, 0.29) is 0 Å². The van der Waals surface area contributed by atoms with Crippen molar-refractivity contribution in [3.8, 4) is 5.75 Å². The summed E-state index contributed by atoms with van der Waals surface area (Å²) in [7, 11) is 3.67. The largest absolute Gasteiger partial charge is 0.496 e. The number of aryl methyl sites for hydroxylation is 1. The lowest BCUT2D eigenvalue weighted by molar-refractivity contribution is 0.339. The third-order valence-electron chi connectivity index (χ3n) is 4.63. The summed E-state index contributed by atoms with van der Waals surface area (Å²) < 4.78 is 7.39. The van der Waals surface area contributed by atoms with Crippen molar-refractivity contribution >= 4 is 0 Å². The van der Waals surface area contributed by atoms with Crippen LogP contribution in [0.25, 0.3) is 0 Å². The molecule has 1 saturated carbocycles. The molecule has 1 aliphatic carbocycles. The van der Waals surface area contributed by atoms with Gasteiger partial charge < -0.3 is 10.1 Å². The Bertz CT molecular complexity index is 604. The van der Waals surface area contributed by atoms with Crippen molar-refractivity contribution < 1.29 is 4.74 Å². The van der Waals surface area contributed by atoms with Gasteiger partial charge in [0.1, 0.15) is 17.9 Å². The quantitative estimate of drug-likeness (QED) is 0.891. The van der Waals surface area contributed by atoms with Crippen LogP contribution in [0.1, 0.15) is 43.1 Å². The molecule has 118 valence electrons. The number of ether oxygens (including phenoxy) is 1. The second-order valence-electron chi connectivity index (χ2n) is 5.94. The molecule has 0 unspecified atom stereocenters. The summed E-state index contributed by atoms with van der Waals surface area (Å²) >= 11 is 0. The zero-order chi connectivity index (χ0) is 15.4. The highest BCUT2D eigenvalue weighted by molar-refractivity contribution is 5.36. The number of para-hydroxylation sites is 1. The maximum absolute atomic E-state index is 5.57. The van der Waals surface area contributed by atoms with Crippen LogP contribution in [0.4, 0.5) is 0 Å². The highest BCUT2D eigenvalue weighted by Crippen LogP contribution is 2.39. The average molecular weight is 300 g/mol. The molecular weight excluding hydrogens is 276 g/mol. The van der Waals surface area contributed by atoms with Gasteiger partial charge in [-0.25, -0.2) is 4.98 Å². The molecule has 1 N–H and O–H groups in total. The van der Waals surface area contributed by atoms with Crippen molar-refractivity contribution in [3.05, 3.63) is 42.0 Å². The normalized spacial score (nSPS) is 16.8. The molecule has 0 amide bonds. The molecule has 1 heterocycles. The van der Waals surface area contributed by atoms with Crippen molar-refractivity contribution in [1.29, 1.82) is 0 Å². The van der Waals surface area contributed by atoms with E-state index in [1.54, 1.807) is 13.4 Å². The first-order valence-corrected chi connectivity index (χ1v) is 7.98. The summed E-state index contributed by atoms with van der Waals surface area (Å²) in [6, 6.07) is 8.63. The Morgan fingerprint density at radius 2 is 2.09 bits per heavy atom. The van der Waals surface area contributed by atoms with Gasteiger partial charge in [0.05, 0.1) is 13.7 Å². The molecule has 0 radical (unpaired) electrons. The van der Waals surface area contributed by atoms with Crippen LogP contribution in [-0.4, -0.2) is 21.9 Å². The van der Waals surface area contributed by atoms with Crippen molar-refractivity contribution in [2.75, 3.05) is 7.11 Å². The maximum atomic E-state index is 5.57. The Morgan fingerprint density at radius 1 is 1.32 bits per heavy atom. The van der Waals surface area contributed by atoms with Crippen molar-refractivity contribution in [2.45, 2.75) is 38.3 Å². The molecule has 22 heavy (non-hydrogen) atoms. The molecule has 5 nitrogen and oxygen atoms in total. The van der Waals surface area contributed by atoms with Crippen LogP contribution in [0.2, 0.25) is 0 Å². The van der Waals surface area contributed by atoms with Crippen molar-refractivity contribution in [3.63, 3.8) is 0 Å². The Balaban J connectivity index is 1.82. The van der Waals surface area contributed by atoms with Gasteiger partial charge in [0.2, 0.25) is 0 Å². The first kappa shape index (κ1) is 15.0. The SMILES string of the molecule is COc1ccccc1[C@H](NCc1ncnn1C)C1CCCC1. The van der Waals surface area contributed by atoms with E-state index in [0.29, 0.717) is 12.0 Å². The summed E-state index contributed by atoms with van der Waals surface area (Å²) in [4.78, 5) is 4.31. The lowest BCUT2D eigenvalue weighted by Gasteiger charge is -2.26. The summed E-state index contributed by atoms with van der Waals surface area (Å²) in [5, 5.41) is 7.83. The van der Waals surface area contributed by atoms with E-state index in [2.05, 4.69) is 27.5 Å². The van der Waals surface area contributed by atoms with E-state index in [4.69, 9.17) is 4.74 Å². The zero-order valence-electron chi connectivity index (χ0n) is 13.3. The van der Waals surface area contributed by atoms with Crippen molar-refractivity contribution in [1.82, 2.24) is 20.1 Å². The molecule has 0 saturated heterocycles. The fraction of sp³-hybridized carbons (Fsp3) is 0.529. The molecule has 0 spiro atoms. The topological polar surface area (TPSA) is 52.0 Å². The summed E-state index contributed by atoms with van der Waals surface area (Å²) in [6.07, 6.45) is 6.79. The van der Waals surface area contributed by atoms with Gasteiger partial charge in [-0.1, -0.05) is 31.0 Å². The Hall–Kier alpha value is -1.88. The molecule has 1 aromatic carbocycles. The summed E-state index contributed by atoms with van der Waals surface area (Å²) in [5.41, 5.74) is 1.25. The highest BCUT2D eigenvalue weighted by atomic mass is 16.5. The third kappa shape index (κ3) is 3.14. The fourth-order valence-electron chi connectivity index (χ4n) is 3.43. The van der Waals surface area contributed by atoms with Gasteiger partial charge in [-0.15, -0.1) is 0 Å². The van der Waals surface area contributed by atoms with Crippen LogP contribution in [0.5, 0.6) is 5.75 Å². The number of aromatic nitrogens is 3. The van der Waals surface area contributed by atoms with E-state index in [9.17, 15) is 0 Å². The monoisotopic (exact) mass is 300 g/mol. The van der Waals surface area contributed by atoms with E-state index in [1.165, 1.54) is 31.2 Å². The lowest BCUT2D eigenvalue weighted by atomic mass is 9.91. The maximum Gasteiger partial charge on any atom is 0.140 e. The van der Waals surface area contributed by atoms with E-state index < -0.39 is 0 Å². The molecule has 1 atom stereocenters. The standard InChI is InChI=1S/C17H24N4O/c1-21-16(19-12-20-21)11-18-17(13-7-3-4-8-13)14-9-5-6-10-15(14)22-2/h5-6,9-10,12-13,17-18H,3-4,7-8,11H2,1-2H3/t17-/m1/s1. The molecule has 0 bridgehead atoms. The number of nitrogens with zero attached hydrogens (tertiary/aromatic N) is 3. The third-order valence-corrected chi connectivity index (χ3v) is 4.63. The van der Waals surface area contributed by atoms with Gasteiger partial charge in [0.25, 0.3) is 0 Å². The molecule has 1 aliphatic rings. The molecule has 1 aromatic heterocycles. The van der Waals surface area contributed by atoms with E-state index in [0.717, 1.165) is 18.1 Å². The second-order valence-corrected chi connectivity index (χ2v) is 5.94. The molecule has 5 heteroatoms. The number of benzene rings is 1. The van der Waals surface area contributed by atoms with Crippen LogP contribution in [0, 0.1) is 5.92 Å². The molecule has 0 aliphatic heterocycles. The second kappa shape index (κ2) is 6.92. The Labute approximate surface area is 131 Å². The summed E-state index contributed by atoms with van der Waals surface area (Å²) in [5.74, 6) is 2.58. The molecule has 2 aromatic rings. The minimum atomic E-state index is 0.301. The van der Waals surface area contributed by atoms with E-state index in [1.807, 2.05) is 23.9 Å². The predicted molar refractivity (Wildman–Crippen MR) is 85.5 cm³/mol. The average Bonchev–Trinajstić information content (AvgIpc) is 3.20. The van der Waals surface area contributed by atoms with Gasteiger partial charge in [-0.3, -0.25) is 4.68 Å². The minimum absolute atomic E-state index is 0.301. The van der Waals surface area contributed by atoms with Crippen LogP contribution in [-0.2, 0) is 13.6 Å². The smallest absolute Gasteiger partial charge is 0.140 e. The van der Waals surface area contributed by atoms with Crippen molar-refractivity contribution in [2.24, 2.45) is 13.0 Å². The van der Waals surface area contributed by atoms with Crippen LogP contribution >= 0.6 is 0 Å². The Kier molecular flexibility index (Phi) is 4.73. The van der Waals surface area contributed by atoms with E-state index >= 15 is 0 Å². The van der Waals surface area contributed by atoms with Gasteiger partial charge >= 0.3 is 0 Å². The van der Waals surface area contributed by atoms with Crippen LogP contribution in [0.3, 0.4) is 0 Å². The first-order chi connectivity index (χ1) is 10.8. The van der Waals surface area contributed by atoms with Gasteiger partial charge in [0, 0.05) is 18.7 Å². The highest BCUT2D eigenvalue weighted by Gasteiger charge is 2.28. The summed E-state index contributed by atoms with van der Waals surface area (Å²) in [6.45, 7) is 0.718. The number of methoxy groups -OCH3 is 1. The van der Waals surface area contributed by atoms with Crippen LogP contribution < -0.4 is 10.1 Å². The number of rotatable bonds is 6. The fourth-order valence-corrected chi connectivity index (χ4v) is 3.43. The Morgan fingerprint density at radius 3 is 2.77 bits per heavy atom. The van der Waals surface area contributed by atoms with Gasteiger partial charge in [0.15, 0.2) is 0 Å². The number of hydrogen-bond donors (Lipinski definition) is 1. The first-order valence-electron chi connectivity index (χ1n) is 7.98. The van der Waals surface area contributed by atoms with Gasteiger partial charge in [-0.2, -0.15) is 5.10 Å². The predicted octanol–water partition coefficient (Wildman–Crippen LogP) is 2.84. The molecule has 3 rings (SSSR count). The number of hydrogen-bond acceptors (Lipinski definition) is 4. The molecular formula is C17H24N4O. The number of nitrogens with one attached hydrogen (secondary N) is 1. The molecule has 1 fully saturated rings.